The second-order valence-corrected chi connectivity index (χ2v) is 4.14. The topological polar surface area (TPSA) is 47.6 Å². The average molecular weight is 237 g/mol. The van der Waals surface area contributed by atoms with Gasteiger partial charge in [-0.05, 0) is 18.1 Å². The molecule has 0 bridgehead atoms. The molecule has 0 aliphatic carbocycles. The van der Waals surface area contributed by atoms with Crippen LogP contribution in [0.2, 0.25) is 0 Å². The predicted octanol–water partition coefficient (Wildman–Crippen LogP) is 2.09. The van der Waals surface area contributed by atoms with E-state index in [1.165, 1.54) is 14.2 Å². The summed E-state index contributed by atoms with van der Waals surface area (Å²) in [7, 11) is 3.07. The molecule has 4 heteroatoms. The summed E-state index contributed by atoms with van der Waals surface area (Å²) in [6.07, 6.45) is 0. The lowest BCUT2D eigenvalue weighted by Crippen LogP contribution is -2.28. The third kappa shape index (κ3) is 3.37. The van der Waals surface area contributed by atoms with Crippen molar-refractivity contribution >= 4 is 5.91 Å². The minimum Gasteiger partial charge on any atom is -0.496 e. The molecule has 1 N–H and O–H groups in total. The van der Waals surface area contributed by atoms with Crippen molar-refractivity contribution in [2.75, 3.05) is 20.8 Å². The number of methoxy groups -OCH3 is 2. The Hall–Kier alpha value is -1.71. The summed E-state index contributed by atoms with van der Waals surface area (Å²) < 4.78 is 10.3. The molecule has 1 aromatic carbocycles. The van der Waals surface area contributed by atoms with Crippen molar-refractivity contribution in [2.24, 2.45) is 5.92 Å². The van der Waals surface area contributed by atoms with Gasteiger partial charge in [0.05, 0.1) is 14.2 Å². The lowest BCUT2D eigenvalue weighted by atomic mass is 10.1. The Morgan fingerprint density at radius 2 is 1.76 bits per heavy atom. The number of amides is 1. The monoisotopic (exact) mass is 237 g/mol. The van der Waals surface area contributed by atoms with E-state index < -0.39 is 0 Å². The molecule has 94 valence electrons. The molecule has 0 fully saturated rings. The van der Waals surface area contributed by atoms with Gasteiger partial charge in [0.25, 0.3) is 5.91 Å². The summed E-state index contributed by atoms with van der Waals surface area (Å²) in [6.45, 7) is 4.71. The van der Waals surface area contributed by atoms with Crippen LogP contribution in [-0.4, -0.2) is 26.7 Å². The molecule has 0 heterocycles. The molecule has 1 aromatic rings. The van der Waals surface area contributed by atoms with Crippen molar-refractivity contribution < 1.29 is 14.3 Å². The van der Waals surface area contributed by atoms with Crippen LogP contribution in [0.1, 0.15) is 24.2 Å². The van der Waals surface area contributed by atoms with Crippen LogP contribution in [0, 0.1) is 5.92 Å². The molecule has 0 atom stereocenters. The maximum atomic E-state index is 12.0. The van der Waals surface area contributed by atoms with Crippen LogP contribution in [0.3, 0.4) is 0 Å². The lowest BCUT2D eigenvalue weighted by molar-refractivity contribution is 0.0942. The molecular formula is C13H19NO3. The fourth-order valence-electron chi connectivity index (χ4n) is 1.46. The molecule has 0 aliphatic rings. The number of hydrogen-bond donors (Lipinski definition) is 1. The van der Waals surface area contributed by atoms with Gasteiger partial charge in [-0.1, -0.05) is 19.9 Å². The lowest BCUT2D eigenvalue weighted by Gasteiger charge is -2.13. The van der Waals surface area contributed by atoms with Crippen molar-refractivity contribution in [2.45, 2.75) is 13.8 Å². The second kappa shape index (κ2) is 6.13. The molecule has 0 aliphatic heterocycles. The van der Waals surface area contributed by atoms with Gasteiger partial charge in [0.1, 0.15) is 17.1 Å². The van der Waals surface area contributed by atoms with E-state index in [-0.39, 0.29) is 5.91 Å². The zero-order chi connectivity index (χ0) is 12.8. The Bertz CT molecular complexity index is 366. The first-order valence-electron chi connectivity index (χ1n) is 5.59. The summed E-state index contributed by atoms with van der Waals surface area (Å²) in [5.74, 6) is 1.27. The summed E-state index contributed by atoms with van der Waals surface area (Å²) in [5, 5.41) is 2.85. The summed E-state index contributed by atoms with van der Waals surface area (Å²) in [6, 6.07) is 5.27. The average Bonchev–Trinajstić information content (AvgIpc) is 2.34. The van der Waals surface area contributed by atoms with Gasteiger partial charge in [0.2, 0.25) is 0 Å². The molecule has 0 saturated carbocycles. The number of carbonyl (C=O) groups excluding carboxylic acids is 1. The number of benzene rings is 1. The number of hydrogen-bond acceptors (Lipinski definition) is 3. The molecule has 0 aromatic heterocycles. The largest absolute Gasteiger partial charge is 0.496 e. The maximum absolute atomic E-state index is 12.0. The van der Waals surface area contributed by atoms with Crippen molar-refractivity contribution in [3.05, 3.63) is 23.8 Å². The van der Waals surface area contributed by atoms with E-state index in [9.17, 15) is 4.79 Å². The van der Waals surface area contributed by atoms with Crippen LogP contribution in [0.15, 0.2) is 18.2 Å². The normalized spacial score (nSPS) is 10.2. The van der Waals surface area contributed by atoms with Crippen LogP contribution < -0.4 is 14.8 Å². The van der Waals surface area contributed by atoms with E-state index >= 15 is 0 Å². The summed E-state index contributed by atoms with van der Waals surface area (Å²) in [4.78, 5) is 12.0. The Balaban J connectivity index is 2.97. The Kier molecular flexibility index (Phi) is 4.82. The zero-order valence-electron chi connectivity index (χ0n) is 10.7. The summed E-state index contributed by atoms with van der Waals surface area (Å²) in [5.41, 5.74) is 0.443. The van der Waals surface area contributed by atoms with Gasteiger partial charge in [-0.2, -0.15) is 0 Å². The third-order valence-corrected chi connectivity index (χ3v) is 2.33. The van der Waals surface area contributed by atoms with Crippen LogP contribution in [0.5, 0.6) is 11.5 Å². The Morgan fingerprint density at radius 1 is 1.24 bits per heavy atom. The first kappa shape index (κ1) is 13.4. The molecule has 1 amide bonds. The Morgan fingerprint density at radius 3 is 2.18 bits per heavy atom. The smallest absolute Gasteiger partial charge is 0.258 e. The number of carbonyl (C=O) groups is 1. The number of nitrogens with one attached hydrogen (secondary N) is 1. The molecule has 0 unspecified atom stereocenters. The zero-order valence-corrected chi connectivity index (χ0v) is 10.7. The number of ether oxygens (including phenoxy) is 2. The van der Waals surface area contributed by atoms with Crippen LogP contribution in [0.25, 0.3) is 0 Å². The minimum atomic E-state index is -0.173. The van der Waals surface area contributed by atoms with Gasteiger partial charge in [0.15, 0.2) is 0 Å². The van der Waals surface area contributed by atoms with E-state index in [4.69, 9.17) is 9.47 Å². The van der Waals surface area contributed by atoms with Gasteiger partial charge < -0.3 is 14.8 Å². The van der Waals surface area contributed by atoms with Crippen LogP contribution in [0.4, 0.5) is 0 Å². The van der Waals surface area contributed by atoms with Crippen molar-refractivity contribution in [3.63, 3.8) is 0 Å². The standard InChI is InChI=1S/C13H19NO3/c1-9(2)8-14-13(15)12-10(16-3)6-5-7-11(12)17-4/h5-7,9H,8H2,1-4H3,(H,14,15). The molecule has 17 heavy (non-hydrogen) atoms. The fraction of sp³-hybridized carbons (Fsp3) is 0.462. The third-order valence-electron chi connectivity index (χ3n) is 2.33. The molecule has 4 nitrogen and oxygen atoms in total. The highest BCUT2D eigenvalue weighted by atomic mass is 16.5. The van der Waals surface area contributed by atoms with E-state index in [0.29, 0.717) is 29.5 Å². The van der Waals surface area contributed by atoms with Crippen LogP contribution >= 0.6 is 0 Å². The maximum Gasteiger partial charge on any atom is 0.258 e. The van der Waals surface area contributed by atoms with Gasteiger partial charge >= 0.3 is 0 Å². The van der Waals surface area contributed by atoms with E-state index in [0.717, 1.165) is 0 Å². The quantitative estimate of drug-likeness (QED) is 0.853. The van der Waals surface area contributed by atoms with Crippen LogP contribution in [-0.2, 0) is 0 Å². The number of rotatable bonds is 5. The van der Waals surface area contributed by atoms with Crippen molar-refractivity contribution in [3.8, 4) is 11.5 Å². The predicted molar refractivity (Wildman–Crippen MR) is 66.7 cm³/mol. The van der Waals surface area contributed by atoms with Crippen molar-refractivity contribution in [1.82, 2.24) is 5.32 Å². The first-order valence-corrected chi connectivity index (χ1v) is 5.59. The first-order chi connectivity index (χ1) is 8.10. The highest BCUT2D eigenvalue weighted by molar-refractivity contribution is 5.99. The van der Waals surface area contributed by atoms with Gasteiger partial charge in [0, 0.05) is 6.54 Å². The SMILES string of the molecule is COc1cccc(OC)c1C(=O)NCC(C)C. The van der Waals surface area contributed by atoms with E-state index in [2.05, 4.69) is 5.32 Å². The van der Waals surface area contributed by atoms with E-state index in [1.807, 2.05) is 13.8 Å². The highest BCUT2D eigenvalue weighted by Crippen LogP contribution is 2.27. The highest BCUT2D eigenvalue weighted by Gasteiger charge is 2.17. The molecule has 0 saturated heterocycles. The molecule has 1 rings (SSSR count). The van der Waals surface area contributed by atoms with Gasteiger partial charge in [-0.25, -0.2) is 0 Å². The summed E-state index contributed by atoms with van der Waals surface area (Å²) >= 11 is 0. The fourth-order valence-corrected chi connectivity index (χ4v) is 1.46. The van der Waals surface area contributed by atoms with Gasteiger partial charge in [-0.3, -0.25) is 4.79 Å². The molecule has 0 radical (unpaired) electrons. The molecule has 0 spiro atoms. The Labute approximate surface area is 102 Å². The molecular weight excluding hydrogens is 218 g/mol. The van der Waals surface area contributed by atoms with Gasteiger partial charge in [-0.15, -0.1) is 0 Å². The second-order valence-electron chi connectivity index (χ2n) is 4.14. The minimum absolute atomic E-state index is 0.173. The van der Waals surface area contributed by atoms with Crippen molar-refractivity contribution in [1.29, 1.82) is 0 Å². The van der Waals surface area contributed by atoms with E-state index in [1.54, 1.807) is 18.2 Å².